The summed E-state index contributed by atoms with van der Waals surface area (Å²) in [7, 11) is 1.57. The fourth-order valence-corrected chi connectivity index (χ4v) is 4.45. The molecule has 2 amide bonds. The monoisotopic (exact) mass is 497 g/mol. The lowest BCUT2D eigenvalue weighted by Gasteiger charge is -2.19. The quantitative estimate of drug-likeness (QED) is 0.413. The number of nitrogens with one attached hydrogen (secondary N) is 2. The molecule has 0 aliphatic carbocycles. The smallest absolute Gasteiger partial charge is 0.416 e. The Kier molecular flexibility index (Phi) is 6.29. The summed E-state index contributed by atoms with van der Waals surface area (Å²) in [5.41, 5.74) is 0.928. The van der Waals surface area contributed by atoms with Gasteiger partial charge in [0.1, 0.15) is 17.7 Å². The summed E-state index contributed by atoms with van der Waals surface area (Å²) in [4.78, 5) is 41.9. The van der Waals surface area contributed by atoms with Crippen molar-refractivity contribution in [2.45, 2.75) is 19.1 Å². The number of aliphatic hydroxyl groups is 1. The molecule has 2 aromatic heterocycles. The highest BCUT2D eigenvalue weighted by atomic mass is 19.1. The minimum Gasteiger partial charge on any atom is -0.480 e. The summed E-state index contributed by atoms with van der Waals surface area (Å²) in [6.45, 7) is 0.513. The van der Waals surface area contributed by atoms with Gasteiger partial charge in [0.15, 0.2) is 18.2 Å². The van der Waals surface area contributed by atoms with Crippen LogP contribution in [0.1, 0.15) is 11.1 Å². The molecule has 11 nitrogen and oxygen atoms in total. The Morgan fingerprint density at radius 2 is 2.08 bits per heavy atom. The third kappa shape index (κ3) is 4.36. The number of halogens is 1. The highest BCUT2D eigenvalue weighted by Gasteiger charge is 2.33. The number of aromatic nitrogens is 2. The lowest BCUT2D eigenvalue weighted by atomic mass is 10.0. The molecule has 0 bridgehead atoms. The molecule has 1 saturated heterocycles. The van der Waals surface area contributed by atoms with E-state index in [0.717, 1.165) is 0 Å². The van der Waals surface area contributed by atoms with Crippen molar-refractivity contribution < 1.29 is 28.6 Å². The number of cyclic esters (lactones) is 1. The number of hydrogen-bond acceptors (Lipinski definition) is 8. The molecule has 1 fully saturated rings. The predicted molar refractivity (Wildman–Crippen MR) is 128 cm³/mol. The third-order valence-corrected chi connectivity index (χ3v) is 6.24. The van der Waals surface area contributed by atoms with E-state index in [4.69, 9.17) is 9.47 Å². The van der Waals surface area contributed by atoms with E-state index < -0.39 is 18.0 Å². The number of nitrogens with zero attached hydrogens (tertiary/aromatic N) is 3. The fourth-order valence-electron chi connectivity index (χ4n) is 4.45. The average molecular weight is 497 g/mol. The zero-order valence-corrected chi connectivity index (χ0v) is 19.4. The molecule has 3 aromatic rings. The maximum Gasteiger partial charge on any atom is 0.416 e. The molecule has 3 N–H and O–H groups in total. The fraction of sp³-hybridized carbons (Fsp3) is 0.333. The van der Waals surface area contributed by atoms with Gasteiger partial charge in [-0.05, 0) is 42.8 Å². The molecule has 4 heterocycles. The van der Waals surface area contributed by atoms with Gasteiger partial charge in [0.25, 0.3) is 11.5 Å². The molecule has 1 atom stereocenters. The Hall–Kier alpha value is -4.03. The number of fused-ring (bicyclic) bond motifs is 2. The summed E-state index contributed by atoms with van der Waals surface area (Å²) >= 11 is 0. The number of rotatable bonds is 7. The normalized spacial score (nSPS) is 17.1. The second-order valence-corrected chi connectivity index (χ2v) is 8.57. The molecule has 2 aliphatic rings. The number of carbonyl (C=O) groups is 2. The van der Waals surface area contributed by atoms with E-state index in [1.165, 1.54) is 21.6 Å². The van der Waals surface area contributed by atoms with E-state index >= 15 is 0 Å². The summed E-state index contributed by atoms with van der Waals surface area (Å²) in [5.74, 6) is 0.226. The van der Waals surface area contributed by atoms with Crippen molar-refractivity contribution in [2.75, 3.05) is 36.5 Å². The number of aryl methyl sites for hydroxylation is 1. The second kappa shape index (κ2) is 9.55. The first kappa shape index (κ1) is 23.7. The van der Waals surface area contributed by atoms with E-state index in [1.807, 2.05) is 0 Å². The van der Waals surface area contributed by atoms with Gasteiger partial charge in [0.05, 0.1) is 18.7 Å². The molecule has 0 radical (unpaired) electrons. The molecule has 1 unspecified atom stereocenters. The average Bonchev–Trinajstić information content (AvgIpc) is 3.24. The van der Waals surface area contributed by atoms with Crippen LogP contribution in [-0.2, 0) is 29.6 Å². The van der Waals surface area contributed by atoms with Gasteiger partial charge in [-0.1, -0.05) is 0 Å². The molecule has 12 heteroatoms. The minimum atomic E-state index is -0.566. The van der Waals surface area contributed by atoms with Crippen LogP contribution in [0.5, 0.6) is 5.75 Å². The zero-order chi connectivity index (χ0) is 25.4. The molecule has 188 valence electrons. The Morgan fingerprint density at radius 1 is 1.25 bits per heavy atom. The van der Waals surface area contributed by atoms with E-state index in [0.29, 0.717) is 46.7 Å². The van der Waals surface area contributed by atoms with Gasteiger partial charge in [-0.2, -0.15) is 0 Å². The number of carbonyl (C=O) groups excluding carboxylic acids is 2. The molecule has 36 heavy (non-hydrogen) atoms. The maximum atomic E-state index is 14.7. The molecular formula is C24H24FN5O6. The molecule has 5 rings (SSSR count). The molecule has 0 spiro atoms. The van der Waals surface area contributed by atoms with Crippen molar-refractivity contribution in [1.82, 2.24) is 14.9 Å². The highest BCUT2D eigenvalue weighted by molar-refractivity contribution is 5.95. The van der Waals surface area contributed by atoms with Crippen LogP contribution in [0.2, 0.25) is 0 Å². The van der Waals surface area contributed by atoms with Gasteiger partial charge in [-0.3, -0.25) is 14.5 Å². The van der Waals surface area contributed by atoms with Gasteiger partial charge in [0, 0.05) is 30.6 Å². The summed E-state index contributed by atoms with van der Waals surface area (Å²) in [5, 5.41) is 16.0. The van der Waals surface area contributed by atoms with Crippen molar-refractivity contribution in [3.05, 3.63) is 57.6 Å². The standard InChI is InChI=1S/C24H24FN5O6/c1-29-21(33)8-13(11-31)15-2-3-17(25)16(22(15)29)6-7-26-9-14-10-30(24(34)36-14)19-5-4-18-23(27-19)28-20(32)12-35-18/h2-5,8,14,26,31H,6-7,9-12H2,1H3,(H,27,28,32). The topological polar surface area (TPSA) is 135 Å². The Balaban J connectivity index is 1.23. The second-order valence-electron chi connectivity index (χ2n) is 8.57. The number of pyridine rings is 2. The number of hydrogen-bond donors (Lipinski definition) is 3. The van der Waals surface area contributed by atoms with Crippen LogP contribution < -0.4 is 25.8 Å². The third-order valence-electron chi connectivity index (χ3n) is 6.24. The van der Waals surface area contributed by atoms with Crippen LogP contribution in [-0.4, -0.2) is 59.0 Å². The van der Waals surface area contributed by atoms with Gasteiger partial charge in [0.2, 0.25) is 0 Å². The maximum absolute atomic E-state index is 14.7. The highest BCUT2D eigenvalue weighted by Crippen LogP contribution is 2.30. The Labute approximate surface area is 204 Å². The van der Waals surface area contributed by atoms with Gasteiger partial charge >= 0.3 is 6.09 Å². The number of anilines is 2. The summed E-state index contributed by atoms with van der Waals surface area (Å²) < 4.78 is 26.8. The van der Waals surface area contributed by atoms with E-state index in [-0.39, 0.29) is 43.5 Å². The summed E-state index contributed by atoms with van der Waals surface area (Å²) in [6.07, 6.45) is -0.755. The lowest BCUT2D eigenvalue weighted by molar-refractivity contribution is -0.118. The van der Waals surface area contributed by atoms with Crippen molar-refractivity contribution in [1.29, 1.82) is 0 Å². The van der Waals surface area contributed by atoms with E-state index in [1.54, 1.807) is 25.2 Å². The minimum absolute atomic E-state index is 0.0882. The van der Waals surface area contributed by atoms with E-state index in [2.05, 4.69) is 15.6 Å². The molecule has 1 aromatic carbocycles. The summed E-state index contributed by atoms with van der Waals surface area (Å²) in [6, 6.07) is 7.48. The van der Waals surface area contributed by atoms with Crippen molar-refractivity contribution >= 4 is 34.5 Å². The largest absolute Gasteiger partial charge is 0.480 e. The van der Waals surface area contributed by atoms with Crippen molar-refractivity contribution in [2.24, 2.45) is 7.05 Å². The number of ether oxygens (including phenoxy) is 2. The van der Waals surface area contributed by atoms with Crippen molar-refractivity contribution in [3.63, 3.8) is 0 Å². The Morgan fingerprint density at radius 3 is 2.89 bits per heavy atom. The number of aliphatic hydroxyl groups excluding tert-OH is 1. The van der Waals surface area contributed by atoms with Gasteiger partial charge in [-0.25, -0.2) is 14.2 Å². The molecule has 2 aliphatic heterocycles. The number of amides is 2. The molecule has 0 saturated carbocycles. The SMILES string of the molecule is Cn1c(=O)cc(CO)c2ccc(F)c(CCNCC3CN(c4ccc5c(n4)NC(=O)CO5)C(=O)O3)c21. The first-order valence-electron chi connectivity index (χ1n) is 11.4. The van der Waals surface area contributed by atoms with E-state index in [9.17, 15) is 23.9 Å². The first-order chi connectivity index (χ1) is 17.4. The Bertz CT molecular complexity index is 1420. The van der Waals surface area contributed by atoms with Crippen molar-refractivity contribution in [3.8, 4) is 5.75 Å². The van der Waals surface area contributed by atoms with Crippen LogP contribution in [0.4, 0.5) is 20.8 Å². The predicted octanol–water partition coefficient (Wildman–Crippen LogP) is 1.05. The van der Waals surface area contributed by atoms with Crippen LogP contribution in [0.25, 0.3) is 10.9 Å². The van der Waals surface area contributed by atoms with Crippen LogP contribution in [0.15, 0.2) is 35.1 Å². The number of benzene rings is 1. The first-order valence-corrected chi connectivity index (χ1v) is 11.4. The van der Waals surface area contributed by atoms with Crippen LogP contribution in [0.3, 0.4) is 0 Å². The molecular weight excluding hydrogens is 473 g/mol. The lowest BCUT2D eigenvalue weighted by Crippen LogP contribution is -2.32. The van der Waals surface area contributed by atoms with Crippen LogP contribution >= 0.6 is 0 Å². The van der Waals surface area contributed by atoms with Gasteiger partial charge in [-0.15, -0.1) is 0 Å². The van der Waals surface area contributed by atoms with Crippen LogP contribution in [0, 0.1) is 5.82 Å². The zero-order valence-electron chi connectivity index (χ0n) is 19.4. The van der Waals surface area contributed by atoms with Gasteiger partial charge < -0.3 is 29.8 Å².